The predicted octanol–water partition coefficient (Wildman–Crippen LogP) is 2.45. The molecule has 2 rings (SSSR count). The molecule has 0 saturated carbocycles. The van der Waals surface area contributed by atoms with E-state index in [0.29, 0.717) is 13.0 Å². The fourth-order valence-corrected chi connectivity index (χ4v) is 2.42. The van der Waals surface area contributed by atoms with E-state index in [1.807, 2.05) is 12.1 Å². The van der Waals surface area contributed by atoms with Gasteiger partial charge in [-0.05, 0) is 30.5 Å². The third-order valence-corrected chi connectivity index (χ3v) is 3.75. The number of anilines is 1. The summed E-state index contributed by atoms with van der Waals surface area (Å²) in [5.41, 5.74) is 2.10. The van der Waals surface area contributed by atoms with Crippen LogP contribution in [0, 0.1) is 5.92 Å². The minimum atomic E-state index is -0.229. The van der Waals surface area contributed by atoms with E-state index in [-0.39, 0.29) is 17.7 Å². The number of unbranched alkanes of at least 4 members (excludes halogenated alkanes) is 1. The lowest BCUT2D eigenvalue weighted by atomic mass is 10.1. The minimum Gasteiger partial charge on any atom is -0.345 e. The van der Waals surface area contributed by atoms with Crippen LogP contribution >= 0.6 is 0 Å². The van der Waals surface area contributed by atoms with E-state index in [9.17, 15) is 9.59 Å². The molecule has 1 N–H and O–H groups in total. The maximum atomic E-state index is 12.1. The molecule has 108 valence electrons. The minimum absolute atomic E-state index is 0.0417. The maximum absolute atomic E-state index is 12.1. The summed E-state index contributed by atoms with van der Waals surface area (Å²) in [4.78, 5) is 25.1. The van der Waals surface area contributed by atoms with Crippen LogP contribution < -0.4 is 5.32 Å². The van der Waals surface area contributed by atoms with E-state index in [4.69, 9.17) is 0 Å². The van der Waals surface area contributed by atoms with E-state index < -0.39 is 0 Å². The number of rotatable bonds is 5. The van der Waals surface area contributed by atoms with E-state index in [2.05, 4.69) is 24.4 Å². The smallest absolute Gasteiger partial charge is 0.229 e. The van der Waals surface area contributed by atoms with Gasteiger partial charge in [0.1, 0.15) is 0 Å². The van der Waals surface area contributed by atoms with Crippen molar-refractivity contribution in [1.29, 1.82) is 0 Å². The summed E-state index contributed by atoms with van der Waals surface area (Å²) in [6.45, 7) is 2.69. The summed E-state index contributed by atoms with van der Waals surface area (Å²) >= 11 is 0. The Labute approximate surface area is 120 Å². The molecular weight excluding hydrogens is 252 g/mol. The van der Waals surface area contributed by atoms with Crippen LogP contribution in [-0.4, -0.2) is 30.3 Å². The van der Waals surface area contributed by atoms with Crippen molar-refractivity contribution < 1.29 is 9.59 Å². The Morgan fingerprint density at radius 3 is 2.60 bits per heavy atom. The summed E-state index contributed by atoms with van der Waals surface area (Å²) < 4.78 is 0. The average Bonchev–Trinajstić information content (AvgIpc) is 2.78. The van der Waals surface area contributed by atoms with Gasteiger partial charge in [-0.1, -0.05) is 25.5 Å². The zero-order valence-corrected chi connectivity index (χ0v) is 12.2. The van der Waals surface area contributed by atoms with Crippen LogP contribution in [0.25, 0.3) is 0 Å². The van der Waals surface area contributed by atoms with Crippen LogP contribution in [0.1, 0.15) is 31.7 Å². The Bertz CT molecular complexity index is 482. The van der Waals surface area contributed by atoms with Crippen LogP contribution in [-0.2, 0) is 16.0 Å². The number of likely N-dealkylation sites (tertiary alicyclic amines) is 1. The van der Waals surface area contributed by atoms with Gasteiger partial charge in [-0.3, -0.25) is 9.59 Å². The fraction of sp³-hybridized carbons (Fsp3) is 0.500. The topological polar surface area (TPSA) is 49.4 Å². The van der Waals surface area contributed by atoms with Crippen LogP contribution in [0.5, 0.6) is 0 Å². The Hall–Kier alpha value is -1.84. The first-order valence-corrected chi connectivity index (χ1v) is 7.24. The molecule has 1 aromatic carbocycles. The second kappa shape index (κ2) is 6.55. The molecule has 0 radical (unpaired) electrons. The largest absolute Gasteiger partial charge is 0.345 e. The lowest BCUT2D eigenvalue weighted by Crippen LogP contribution is -2.25. The number of benzene rings is 1. The number of hydrogen-bond acceptors (Lipinski definition) is 2. The number of carbonyl (C=O) groups excluding carboxylic acids is 2. The molecule has 20 heavy (non-hydrogen) atoms. The number of aryl methyl sites for hydroxylation is 1. The number of nitrogens with one attached hydrogen (secondary N) is 1. The first-order valence-electron chi connectivity index (χ1n) is 7.24. The highest BCUT2D eigenvalue weighted by Crippen LogP contribution is 2.19. The van der Waals surface area contributed by atoms with E-state index in [0.717, 1.165) is 12.1 Å². The first-order chi connectivity index (χ1) is 9.60. The molecule has 0 aliphatic carbocycles. The van der Waals surface area contributed by atoms with Crippen LogP contribution in [0.2, 0.25) is 0 Å². The Morgan fingerprint density at radius 2 is 2.05 bits per heavy atom. The second-order valence-electron chi connectivity index (χ2n) is 5.47. The lowest BCUT2D eigenvalue weighted by molar-refractivity contribution is -0.127. The highest BCUT2D eigenvalue weighted by Gasteiger charge is 2.31. The molecule has 1 fully saturated rings. The number of amides is 2. The summed E-state index contributed by atoms with van der Waals surface area (Å²) in [6, 6.07) is 7.97. The monoisotopic (exact) mass is 274 g/mol. The van der Waals surface area contributed by atoms with E-state index in [1.54, 1.807) is 11.9 Å². The molecule has 1 heterocycles. The molecule has 1 unspecified atom stereocenters. The van der Waals surface area contributed by atoms with Gasteiger partial charge in [0.05, 0.1) is 5.92 Å². The molecule has 2 amide bonds. The number of carbonyl (C=O) groups is 2. The fourth-order valence-electron chi connectivity index (χ4n) is 2.42. The molecular formula is C16H22N2O2. The van der Waals surface area contributed by atoms with Gasteiger partial charge in [-0.2, -0.15) is 0 Å². The Kier molecular flexibility index (Phi) is 4.77. The highest BCUT2D eigenvalue weighted by atomic mass is 16.2. The third kappa shape index (κ3) is 3.59. The molecule has 1 aromatic rings. The summed E-state index contributed by atoms with van der Waals surface area (Å²) in [5, 5.41) is 2.89. The molecule has 0 bridgehead atoms. The van der Waals surface area contributed by atoms with Gasteiger partial charge in [0.2, 0.25) is 11.8 Å². The number of hydrogen-bond donors (Lipinski definition) is 1. The van der Waals surface area contributed by atoms with Crippen molar-refractivity contribution in [3.63, 3.8) is 0 Å². The molecule has 1 atom stereocenters. The van der Waals surface area contributed by atoms with Crippen molar-refractivity contribution >= 4 is 17.5 Å². The van der Waals surface area contributed by atoms with Gasteiger partial charge in [0.15, 0.2) is 0 Å². The van der Waals surface area contributed by atoms with Gasteiger partial charge < -0.3 is 10.2 Å². The lowest BCUT2D eigenvalue weighted by Gasteiger charge is -2.11. The normalized spacial score (nSPS) is 18.4. The standard InChI is InChI=1S/C16H22N2O2/c1-3-4-5-12-6-8-14(9-7-12)17-16(20)13-10-15(19)18(2)11-13/h6-9,13H,3-5,10-11H2,1-2H3,(H,17,20). The van der Waals surface area contributed by atoms with Crippen LogP contribution in [0.4, 0.5) is 5.69 Å². The van der Waals surface area contributed by atoms with Crippen molar-refractivity contribution in [1.82, 2.24) is 4.90 Å². The summed E-state index contributed by atoms with van der Waals surface area (Å²) in [7, 11) is 1.73. The van der Waals surface area contributed by atoms with Crippen molar-refractivity contribution in [2.45, 2.75) is 32.6 Å². The van der Waals surface area contributed by atoms with Crippen LogP contribution in [0.15, 0.2) is 24.3 Å². The van der Waals surface area contributed by atoms with Crippen LogP contribution in [0.3, 0.4) is 0 Å². The van der Waals surface area contributed by atoms with Gasteiger partial charge in [0, 0.05) is 25.7 Å². The Balaban J connectivity index is 1.90. The van der Waals surface area contributed by atoms with Gasteiger partial charge in [-0.15, -0.1) is 0 Å². The van der Waals surface area contributed by atoms with Crippen molar-refractivity contribution in [2.24, 2.45) is 5.92 Å². The zero-order chi connectivity index (χ0) is 14.5. The van der Waals surface area contributed by atoms with E-state index >= 15 is 0 Å². The zero-order valence-electron chi connectivity index (χ0n) is 12.2. The molecule has 0 spiro atoms. The SMILES string of the molecule is CCCCc1ccc(NC(=O)C2CC(=O)N(C)C2)cc1. The quantitative estimate of drug-likeness (QED) is 0.896. The molecule has 1 aliphatic heterocycles. The molecule has 1 aliphatic rings. The maximum Gasteiger partial charge on any atom is 0.229 e. The van der Waals surface area contributed by atoms with Gasteiger partial charge in [-0.25, -0.2) is 0 Å². The summed E-state index contributed by atoms with van der Waals surface area (Å²) in [6.07, 6.45) is 3.76. The van der Waals surface area contributed by atoms with Crippen molar-refractivity contribution in [3.8, 4) is 0 Å². The number of nitrogens with zero attached hydrogens (tertiary/aromatic N) is 1. The van der Waals surface area contributed by atoms with E-state index in [1.165, 1.54) is 18.4 Å². The third-order valence-electron chi connectivity index (χ3n) is 3.75. The molecule has 1 saturated heterocycles. The molecule has 0 aromatic heterocycles. The molecule has 4 nitrogen and oxygen atoms in total. The first kappa shape index (κ1) is 14.6. The second-order valence-corrected chi connectivity index (χ2v) is 5.47. The highest BCUT2D eigenvalue weighted by molar-refractivity contribution is 5.97. The van der Waals surface area contributed by atoms with Crippen molar-refractivity contribution in [2.75, 3.05) is 18.9 Å². The molecule has 4 heteroatoms. The average molecular weight is 274 g/mol. The summed E-state index contributed by atoms with van der Waals surface area (Å²) in [5.74, 6) is -0.253. The predicted molar refractivity (Wildman–Crippen MR) is 79.4 cm³/mol. The Morgan fingerprint density at radius 1 is 1.35 bits per heavy atom. The van der Waals surface area contributed by atoms with Gasteiger partial charge >= 0.3 is 0 Å². The van der Waals surface area contributed by atoms with Crippen molar-refractivity contribution in [3.05, 3.63) is 29.8 Å². The van der Waals surface area contributed by atoms with Gasteiger partial charge in [0.25, 0.3) is 0 Å².